The van der Waals surface area contributed by atoms with Gasteiger partial charge in [0.05, 0.1) is 36.7 Å². The van der Waals surface area contributed by atoms with E-state index in [0.29, 0.717) is 30.9 Å². The zero-order chi connectivity index (χ0) is 30.5. The van der Waals surface area contributed by atoms with Gasteiger partial charge in [-0.05, 0) is 82.6 Å². The number of benzene rings is 1. The second-order valence-corrected chi connectivity index (χ2v) is 14.5. The van der Waals surface area contributed by atoms with E-state index >= 15 is 0 Å². The SMILES string of the molecule is CCOc1ccc(NC(=O)[C@@H]2[C@H]3C(=O)N([C@@H](CO)C(C)C)C(C(=O)NC(C)(C)CC(C)(C)C)C34CC[C@@]2(C)O4)cc1. The van der Waals surface area contributed by atoms with Gasteiger partial charge in [-0.15, -0.1) is 0 Å². The summed E-state index contributed by atoms with van der Waals surface area (Å²) in [6.07, 6.45) is 1.76. The van der Waals surface area contributed by atoms with Crippen LogP contribution in [0.4, 0.5) is 5.69 Å². The molecular weight excluding hydrogens is 522 g/mol. The van der Waals surface area contributed by atoms with E-state index in [0.717, 1.165) is 6.42 Å². The van der Waals surface area contributed by atoms with E-state index in [2.05, 4.69) is 31.4 Å². The molecule has 0 radical (unpaired) electrons. The molecule has 1 spiro atoms. The topological polar surface area (TPSA) is 117 Å². The minimum absolute atomic E-state index is 0.0335. The average Bonchev–Trinajstić information content (AvgIpc) is 3.40. The molecule has 1 aromatic rings. The first-order valence-corrected chi connectivity index (χ1v) is 15.0. The van der Waals surface area contributed by atoms with E-state index in [1.54, 1.807) is 29.2 Å². The van der Waals surface area contributed by atoms with Gasteiger partial charge in [0.25, 0.3) is 0 Å². The van der Waals surface area contributed by atoms with Crippen LogP contribution in [0.15, 0.2) is 24.3 Å². The third-order valence-corrected chi connectivity index (χ3v) is 8.93. The standard InChI is InChI=1S/C32H49N3O6/c1-10-40-21-13-11-20(12-14-21)33-26(37)23-24-28(39)35(22(17-36)19(2)3)25(32(24)16-15-31(23,9)41-32)27(38)34-30(7,8)18-29(4,5)6/h11-14,19,22-25,36H,10,15-18H2,1-9H3,(H,33,37)(H,34,38)/t22-,23-,24-,25?,31+,32?/m0/s1. The van der Waals surface area contributed by atoms with E-state index in [4.69, 9.17) is 9.47 Å². The van der Waals surface area contributed by atoms with Crippen molar-refractivity contribution in [2.24, 2.45) is 23.2 Å². The number of rotatable bonds is 10. The third kappa shape index (κ3) is 5.72. The highest BCUT2D eigenvalue weighted by Crippen LogP contribution is 2.63. The van der Waals surface area contributed by atoms with Gasteiger partial charge in [-0.1, -0.05) is 34.6 Å². The Balaban J connectivity index is 1.71. The van der Waals surface area contributed by atoms with Crippen molar-refractivity contribution in [3.63, 3.8) is 0 Å². The van der Waals surface area contributed by atoms with Gasteiger partial charge in [-0.2, -0.15) is 0 Å². The first-order valence-electron chi connectivity index (χ1n) is 15.0. The van der Waals surface area contributed by atoms with Crippen molar-refractivity contribution in [2.45, 2.75) is 110 Å². The molecule has 228 valence electrons. The van der Waals surface area contributed by atoms with Gasteiger partial charge in [-0.25, -0.2) is 0 Å². The number of likely N-dealkylation sites (tertiary alicyclic amines) is 1. The average molecular weight is 572 g/mol. The summed E-state index contributed by atoms with van der Waals surface area (Å²) < 4.78 is 12.2. The monoisotopic (exact) mass is 571 g/mol. The number of aliphatic hydroxyl groups excluding tert-OH is 1. The third-order valence-electron chi connectivity index (χ3n) is 8.93. The summed E-state index contributed by atoms with van der Waals surface area (Å²) in [6.45, 7) is 18.2. The molecule has 1 aromatic carbocycles. The Labute approximate surface area is 244 Å². The first-order chi connectivity index (χ1) is 19.0. The molecule has 3 fully saturated rings. The second kappa shape index (κ2) is 10.9. The van der Waals surface area contributed by atoms with Gasteiger partial charge >= 0.3 is 0 Å². The molecule has 3 saturated heterocycles. The van der Waals surface area contributed by atoms with Crippen molar-refractivity contribution < 1.29 is 29.0 Å². The fourth-order valence-electron chi connectivity index (χ4n) is 7.83. The molecule has 0 aliphatic carbocycles. The van der Waals surface area contributed by atoms with Gasteiger partial charge in [0, 0.05) is 11.2 Å². The van der Waals surface area contributed by atoms with E-state index in [1.807, 2.05) is 41.5 Å². The van der Waals surface area contributed by atoms with Crippen LogP contribution in [0.1, 0.15) is 81.6 Å². The Morgan fingerprint density at radius 1 is 1.12 bits per heavy atom. The number of ether oxygens (including phenoxy) is 2. The predicted molar refractivity (Wildman–Crippen MR) is 157 cm³/mol. The number of nitrogens with one attached hydrogen (secondary N) is 2. The summed E-state index contributed by atoms with van der Waals surface area (Å²) in [6, 6.07) is 5.57. The Kier molecular flexibility index (Phi) is 8.30. The Morgan fingerprint density at radius 2 is 1.76 bits per heavy atom. The maximum absolute atomic E-state index is 14.4. The van der Waals surface area contributed by atoms with Crippen LogP contribution in [0.2, 0.25) is 0 Å². The lowest BCUT2D eigenvalue weighted by atomic mass is 9.66. The van der Waals surface area contributed by atoms with Crippen molar-refractivity contribution in [3.8, 4) is 5.75 Å². The number of hydrogen-bond donors (Lipinski definition) is 3. The maximum Gasteiger partial charge on any atom is 0.246 e. The highest BCUT2D eigenvalue weighted by molar-refractivity contribution is 6.02. The number of carbonyl (C=O) groups is 3. The van der Waals surface area contributed by atoms with E-state index in [9.17, 15) is 19.5 Å². The molecule has 0 saturated carbocycles. The molecule has 3 heterocycles. The lowest BCUT2D eigenvalue weighted by Gasteiger charge is -2.41. The summed E-state index contributed by atoms with van der Waals surface area (Å²) >= 11 is 0. The molecule has 4 rings (SSSR count). The molecule has 2 unspecified atom stereocenters. The molecule has 3 amide bonds. The second-order valence-electron chi connectivity index (χ2n) is 14.5. The molecule has 0 aromatic heterocycles. The van der Waals surface area contributed by atoms with Gasteiger partial charge in [0.15, 0.2) is 0 Å². The Morgan fingerprint density at radius 3 is 2.29 bits per heavy atom. The van der Waals surface area contributed by atoms with Gasteiger partial charge < -0.3 is 30.1 Å². The van der Waals surface area contributed by atoms with Crippen LogP contribution in [-0.4, -0.2) is 69.8 Å². The molecule has 3 aliphatic rings. The number of amides is 3. The van der Waals surface area contributed by atoms with Crippen LogP contribution in [0.3, 0.4) is 0 Å². The zero-order valence-corrected chi connectivity index (χ0v) is 26.2. The fraction of sp³-hybridized carbons (Fsp3) is 0.719. The number of hydrogen-bond acceptors (Lipinski definition) is 6. The number of fused-ring (bicyclic) bond motifs is 1. The number of nitrogens with zero attached hydrogens (tertiary/aromatic N) is 1. The summed E-state index contributed by atoms with van der Waals surface area (Å²) in [5.41, 5.74) is -2.04. The number of carbonyl (C=O) groups excluding carboxylic acids is 3. The number of anilines is 1. The predicted octanol–water partition coefficient (Wildman–Crippen LogP) is 4.14. The van der Waals surface area contributed by atoms with Crippen molar-refractivity contribution in [3.05, 3.63) is 24.3 Å². The fourth-order valence-corrected chi connectivity index (χ4v) is 7.83. The minimum Gasteiger partial charge on any atom is -0.494 e. The van der Waals surface area contributed by atoms with Gasteiger partial charge in [0.2, 0.25) is 17.7 Å². The normalized spacial score (nSPS) is 30.0. The molecule has 9 heteroatoms. The van der Waals surface area contributed by atoms with Crippen LogP contribution in [0.25, 0.3) is 0 Å². The highest BCUT2D eigenvalue weighted by atomic mass is 16.5. The molecule has 41 heavy (non-hydrogen) atoms. The Bertz CT molecular complexity index is 1160. The summed E-state index contributed by atoms with van der Waals surface area (Å²) in [7, 11) is 0. The molecule has 9 nitrogen and oxygen atoms in total. The van der Waals surface area contributed by atoms with Crippen molar-refractivity contribution in [1.82, 2.24) is 10.2 Å². The lowest BCUT2D eigenvalue weighted by Crippen LogP contribution is -2.62. The first kappa shape index (κ1) is 31.3. The van der Waals surface area contributed by atoms with Crippen LogP contribution < -0.4 is 15.4 Å². The van der Waals surface area contributed by atoms with Crippen LogP contribution in [0.5, 0.6) is 5.75 Å². The lowest BCUT2D eigenvalue weighted by molar-refractivity contribution is -0.150. The van der Waals surface area contributed by atoms with Crippen molar-refractivity contribution in [1.29, 1.82) is 0 Å². The number of aliphatic hydroxyl groups is 1. The zero-order valence-electron chi connectivity index (χ0n) is 26.2. The van der Waals surface area contributed by atoms with Crippen LogP contribution in [0, 0.1) is 23.2 Å². The van der Waals surface area contributed by atoms with E-state index in [1.165, 1.54) is 0 Å². The quantitative estimate of drug-likeness (QED) is 0.389. The summed E-state index contributed by atoms with van der Waals surface area (Å²) in [5.74, 6) is -1.94. The van der Waals surface area contributed by atoms with E-state index in [-0.39, 0.29) is 35.7 Å². The minimum atomic E-state index is -1.16. The molecule has 6 atom stereocenters. The van der Waals surface area contributed by atoms with Gasteiger partial charge in [0.1, 0.15) is 17.4 Å². The molecule has 3 N–H and O–H groups in total. The summed E-state index contributed by atoms with van der Waals surface area (Å²) in [5, 5.41) is 16.6. The maximum atomic E-state index is 14.4. The van der Waals surface area contributed by atoms with Crippen LogP contribution in [-0.2, 0) is 19.1 Å². The van der Waals surface area contributed by atoms with Crippen LogP contribution >= 0.6 is 0 Å². The highest BCUT2D eigenvalue weighted by Gasteiger charge is 2.78. The van der Waals surface area contributed by atoms with Crippen molar-refractivity contribution in [2.75, 3.05) is 18.5 Å². The molecular formula is C32H49N3O6. The smallest absolute Gasteiger partial charge is 0.246 e. The molecule has 3 aliphatic heterocycles. The van der Waals surface area contributed by atoms with Crippen molar-refractivity contribution >= 4 is 23.4 Å². The molecule has 2 bridgehead atoms. The Hall–Kier alpha value is -2.65. The summed E-state index contributed by atoms with van der Waals surface area (Å²) in [4.78, 5) is 44.1. The largest absolute Gasteiger partial charge is 0.494 e. The van der Waals surface area contributed by atoms with E-state index < -0.39 is 40.7 Å². The van der Waals surface area contributed by atoms with Gasteiger partial charge in [-0.3, -0.25) is 14.4 Å².